The fourth-order valence-corrected chi connectivity index (χ4v) is 6.90. The number of carbonyl (C=O) groups excluding carboxylic acids is 2. The first-order chi connectivity index (χ1) is 24.5. The van der Waals surface area contributed by atoms with E-state index in [4.69, 9.17) is 19.7 Å². The molecule has 4 heterocycles. The van der Waals surface area contributed by atoms with Gasteiger partial charge in [-0.05, 0) is 73.3 Å². The highest BCUT2D eigenvalue weighted by Gasteiger charge is 2.28. The fourth-order valence-electron chi connectivity index (χ4n) is 6.90. The summed E-state index contributed by atoms with van der Waals surface area (Å²) >= 11 is 0. The first-order valence-corrected chi connectivity index (χ1v) is 18.2. The summed E-state index contributed by atoms with van der Waals surface area (Å²) in [6, 6.07) is 21.7. The van der Waals surface area contributed by atoms with E-state index in [0.29, 0.717) is 24.0 Å². The quantitative estimate of drug-likeness (QED) is 0.146. The number of hydrogen-bond donors (Lipinski definition) is 3. The SMILES string of the molecule is Cc1nc(NC[C@H](NC(=O)OCc2ccc(-c3ccccc3)cc2)C(=O)CC(C)(C)C)c(C)c(N2CCC(c3ccc4c(n3)NCCC4)CC2)n1. The predicted molar refractivity (Wildman–Crippen MR) is 203 cm³/mol. The number of pyridine rings is 1. The Morgan fingerprint density at radius 2 is 1.67 bits per heavy atom. The second kappa shape index (κ2) is 15.9. The Labute approximate surface area is 301 Å². The molecule has 0 aliphatic carbocycles. The van der Waals surface area contributed by atoms with Crippen molar-refractivity contribution in [3.63, 3.8) is 0 Å². The van der Waals surface area contributed by atoms with Crippen molar-refractivity contribution < 1.29 is 14.3 Å². The number of anilines is 3. The number of nitrogens with one attached hydrogen (secondary N) is 3. The van der Waals surface area contributed by atoms with Crippen molar-refractivity contribution in [2.24, 2.45) is 5.41 Å². The van der Waals surface area contributed by atoms with Crippen molar-refractivity contribution in [3.8, 4) is 11.1 Å². The Kier molecular flexibility index (Phi) is 11.2. The normalized spacial score (nSPS) is 15.4. The molecule has 2 aromatic carbocycles. The van der Waals surface area contributed by atoms with Gasteiger partial charge in [0.2, 0.25) is 0 Å². The molecule has 2 aliphatic rings. The number of Topliss-reactive ketones (excluding diaryl/α,β-unsaturated/α-hetero) is 1. The Balaban J connectivity index is 1.08. The van der Waals surface area contributed by atoms with Gasteiger partial charge in [0.15, 0.2) is 5.78 Å². The largest absolute Gasteiger partial charge is 0.445 e. The molecule has 268 valence electrons. The molecule has 10 heteroatoms. The Morgan fingerprint density at radius 3 is 2.39 bits per heavy atom. The number of hydrogen-bond acceptors (Lipinski definition) is 9. The number of ketones is 1. The summed E-state index contributed by atoms with van der Waals surface area (Å²) in [6.07, 6.45) is 3.89. The average Bonchev–Trinajstić information content (AvgIpc) is 3.13. The lowest BCUT2D eigenvalue weighted by Crippen LogP contribution is -2.46. The van der Waals surface area contributed by atoms with Crippen molar-refractivity contribution in [1.82, 2.24) is 20.3 Å². The third-order valence-electron chi connectivity index (χ3n) is 9.65. The standard InChI is InChI=1S/C41H51N7O3/c1-27-37(44-28(2)45-39(27)48-22-19-32(20-23-48)34-18-17-33-12-9-21-42-38(33)46-34)43-25-35(36(49)24-41(3,4)5)47-40(50)51-26-29-13-15-31(16-14-29)30-10-7-6-8-11-30/h6-8,10-11,13-18,32,35H,9,12,19-26H2,1-5H3,(H,42,46)(H,47,50)(H,43,44,45)/t35-/m0/s1. The molecule has 6 rings (SSSR count). The summed E-state index contributed by atoms with van der Waals surface area (Å²) in [7, 11) is 0. The maximum atomic E-state index is 13.5. The van der Waals surface area contributed by atoms with Gasteiger partial charge in [0.05, 0.1) is 0 Å². The van der Waals surface area contributed by atoms with Gasteiger partial charge in [0.25, 0.3) is 0 Å². The number of nitrogens with zero attached hydrogens (tertiary/aromatic N) is 4. The first-order valence-electron chi connectivity index (χ1n) is 18.2. The number of amides is 1. The maximum absolute atomic E-state index is 13.5. The Bertz CT molecular complexity index is 1810. The van der Waals surface area contributed by atoms with E-state index < -0.39 is 12.1 Å². The van der Waals surface area contributed by atoms with E-state index in [1.54, 1.807) is 0 Å². The van der Waals surface area contributed by atoms with Crippen LogP contribution in [0.3, 0.4) is 0 Å². The fraction of sp³-hybridized carbons (Fsp3) is 0.439. The van der Waals surface area contributed by atoms with Crippen LogP contribution < -0.4 is 20.9 Å². The van der Waals surface area contributed by atoms with Crippen LogP contribution in [0.2, 0.25) is 0 Å². The van der Waals surface area contributed by atoms with E-state index >= 15 is 0 Å². The lowest BCUT2D eigenvalue weighted by Gasteiger charge is -2.34. The molecule has 0 unspecified atom stereocenters. The van der Waals surface area contributed by atoms with E-state index in [1.165, 1.54) is 11.3 Å². The van der Waals surface area contributed by atoms with Gasteiger partial charge in [0, 0.05) is 49.8 Å². The van der Waals surface area contributed by atoms with Gasteiger partial charge in [0.1, 0.15) is 35.9 Å². The van der Waals surface area contributed by atoms with Gasteiger partial charge < -0.3 is 25.6 Å². The van der Waals surface area contributed by atoms with Crippen molar-refractivity contribution >= 4 is 29.3 Å². The monoisotopic (exact) mass is 689 g/mol. The van der Waals surface area contributed by atoms with E-state index in [9.17, 15) is 9.59 Å². The lowest BCUT2D eigenvalue weighted by atomic mass is 9.88. The van der Waals surface area contributed by atoms with E-state index in [2.05, 4.69) is 45.1 Å². The second-order valence-corrected chi connectivity index (χ2v) is 15.0. The molecule has 1 saturated heterocycles. The molecule has 0 bridgehead atoms. The second-order valence-electron chi connectivity index (χ2n) is 15.0. The number of aryl methyl sites for hydroxylation is 2. The first kappa shape index (κ1) is 35.8. The smallest absolute Gasteiger partial charge is 0.408 e. The van der Waals surface area contributed by atoms with Crippen molar-refractivity contribution in [1.29, 1.82) is 0 Å². The number of aromatic nitrogens is 3. The summed E-state index contributed by atoms with van der Waals surface area (Å²) in [6.45, 7) is 12.9. The minimum atomic E-state index is -0.801. The molecule has 0 radical (unpaired) electrons. The number of rotatable bonds is 11. The zero-order valence-electron chi connectivity index (χ0n) is 30.6. The third kappa shape index (κ3) is 9.42. The van der Waals surface area contributed by atoms with Gasteiger partial charge in [-0.1, -0.05) is 81.4 Å². The van der Waals surface area contributed by atoms with Gasteiger partial charge >= 0.3 is 6.09 Å². The molecule has 10 nitrogen and oxygen atoms in total. The summed E-state index contributed by atoms with van der Waals surface area (Å²) in [5, 5.41) is 9.68. The van der Waals surface area contributed by atoms with Crippen LogP contribution in [0.15, 0.2) is 66.7 Å². The number of benzene rings is 2. The van der Waals surface area contributed by atoms with E-state index in [1.807, 2.05) is 77.1 Å². The number of ether oxygens (including phenoxy) is 1. The molecule has 1 fully saturated rings. The van der Waals surface area contributed by atoms with Crippen LogP contribution in [-0.2, 0) is 22.6 Å². The van der Waals surface area contributed by atoms with Crippen LogP contribution in [0.4, 0.5) is 22.2 Å². The van der Waals surface area contributed by atoms with Crippen molar-refractivity contribution in [3.05, 3.63) is 94.9 Å². The minimum absolute atomic E-state index is 0.0733. The molecule has 0 saturated carbocycles. The van der Waals surface area contributed by atoms with Crippen LogP contribution in [-0.4, -0.2) is 59.0 Å². The molecule has 3 N–H and O–H groups in total. The molecule has 2 aromatic heterocycles. The molecular weight excluding hydrogens is 638 g/mol. The predicted octanol–water partition coefficient (Wildman–Crippen LogP) is 7.61. The molecular formula is C41H51N7O3. The zero-order valence-corrected chi connectivity index (χ0v) is 30.6. The van der Waals surface area contributed by atoms with Gasteiger partial charge in [-0.15, -0.1) is 0 Å². The van der Waals surface area contributed by atoms with Crippen molar-refractivity contribution in [2.75, 3.05) is 41.7 Å². The molecule has 2 aliphatic heterocycles. The summed E-state index contributed by atoms with van der Waals surface area (Å²) in [5.41, 5.74) is 6.22. The number of fused-ring (bicyclic) bond motifs is 1. The highest BCUT2D eigenvalue weighted by atomic mass is 16.5. The zero-order chi connectivity index (χ0) is 36.0. The molecule has 4 aromatic rings. The minimum Gasteiger partial charge on any atom is -0.445 e. The van der Waals surface area contributed by atoms with Gasteiger partial charge in [-0.25, -0.2) is 19.7 Å². The molecule has 0 spiro atoms. The number of piperidine rings is 1. The Morgan fingerprint density at radius 1 is 0.941 bits per heavy atom. The summed E-state index contributed by atoms with van der Waals surface area (Å²) in [5.74, 6) is 3.58. The van der Waals surface area contributed by atoms with Crippen LogP contribution in [0.25, 0.3) is 11.1 Å². The van der Waals surface area contributed by atoms with Gasteiger partial charge in [-0.3, -0.25) is 4.79 Å². The number of alkyl carbamates (subject to hydrolysis) is 1. The van der Waals surface area contributed by atoms with Crippen molar-refractivity contribution in [2.45, 2.75) is 85.3 Å². The highest BCUT2D eigenvalue weighted by Crippen LogP contribution is 2.33. The maximum Gasteiger partial charge on any atom is 0.408 e. The lowest BCUT2D eigenvalue weighted by molar-refractivity contribution is -0.122. The Hall–Kier alpha value is -4.99. The molecule has 1 atom stereocenters. The third-order valence-corrected chi connectivity index (χ3v) is 9.65. The average molecular weight is 690 g/mol. The number of carbonyl (C=O) groups is 2. The summed E-state index contributed by atoms with van der Waals surface area (Å²) in [4.78, 5) is 43.4. The highest BCUT2D eigenvalue weighted by molar-refractivity contribution is 5.88. The van der Waals surface area contributed by atoms with Crippen LogP contribution >= 0.6 is 0 Å². The van der Waals surface area contributed by atoms with Gasteiger partial charge in [-0.2, -0.15) is 0 Å². The van der Waals surface area contributed by atoms with Crippen LogP contribution in [0.5, 0.6) is 0 Å². The topological polar surface area (TPSA) is 121 Å². The summed E-state index contributed by atoms with van der Waals surface area (Å²) < 4.78 is 5.58. The van der Waals surface area contributed by atoms with Crippen LogP contribution in [0.1, 0.15) is 80.6 Å². The van der Waals surface area contributed by atoms with E-state index in [-0.39, 0.29) is 24.3 Å². The molecule has 1 amide bonds. The molecule has 51 heavy (non-hydrogen) atoms. The van der Waals surface area contributed by atoms with Crippen LogP contribution in [0, 0.1) is 19.3 Å². The van der Waals surface area contributed by atoms with E-state index in [0.717, 1.165) is 79.2 Å².